The third-order valence-electron chi connectivity index (χ3n) is 27.3. The van der Waals surface area contributed by atoms with Gasteiger partial charge >= 0.3 is 47.8 Å². The molecule has 0 saturated carbocycles. The van der Waals surface area contributed by atoms with Crippen LogP contribution < -0.4 is 0 Å². The van der Waals surface area contributed by atoms with Crippen LogP contribution in [0.4, 0.5) is 0 Å². The maximum Gasteiger partial charge on any atom is 0.374 e. The SMILES string of the molecule is CCCC[N+](CC)(CCC)CCOC(=O)c1ccc[nH]1.CCCC[N+](CC)(CCC)CCOC(=O)c1ccco1.CCC[N+](CC)(CCOC(=O)c1ccc[nH]1)C(C)CC.CCC[N+](CC)(CCOC(=O)c1ccco1)C(C)CC.CC[N+](CC)(CC)CCOC(=O)c1ccc[nH]1.CC[N+](CC)(CC)CCOC(=O)c1ccco1.C[N+](C)(C)CCOC(=O)c1ccc[nH]1.C[N+](C)(C)CCOC(=O)c1ccco1. The quantitative estimate of drug-likeness (QED) is 0.0156. The lowest BCUT2D eigenvalue weighted by atomic mass is 10.1. The minimum Gasteiger partial charge on any atom is -0.457 e. The third-order valence-corrected chi connectivity index (χ3v) is 27.3. The number of likely N-dealkylation sites (N-methyl/N-ethyl adjacent to an activating group) is 8. The summed E-state index contributed by atoms with van der Waals surface area (Å²) in [6.07, 6.45) is 24.6. The van der Waals surface area contributed by atoms with Crippen molar-refractivity contribution in [2.75, 3.05) is 252 Å². The number of H-pyrrole nitrogens is 4. The van der Waals surface area contributed by atoms with Gasteiger partial charge in [0.15, 0.2) is 0 Å². The van der Waals surface area contributed by atoms with E-state index >= 15 is 0 Å². The van der Waals surface area contributed by atoms with Gasteiger partial charge in [0.2, 0.25) is 23.0 Å². The van der Waals surface area contributed by atoms with Crippen LogP contribution in [-0.4, -0.2) is 368 Å². The number of carbonyl (C=O) groups excluding carboxylic acids is 8. The number of ether oxygens (including phenoxy) is 8. The molecule has 0 aliphatic heterocycles. The Morgan fingerprint density at radius 1 is 0.246 bits per heavy atom. The number of nitrogens with one attached hydrogen (secondary N) is 4. The van der Waals surface area contributed by atoms with Crippen molar-refractivity contribution in [2.24, 2.45) is 0 Å². The molecule has 8 aromatic rings. The molecule has 32 nitrogen and oxygen atoms in total. The maximum atomic E-state index is 11.8. The molecule has 8 heterocycles. The van der Waals surface area contributed by atoms with E-state index in [1.165, 1.54) is 70.2 Å². The second-order valence-electron chi connectivity index (χ2n) is 38.2. The van der Waals surface area contributed by atoms with Gasteiger partial charge in [-0.05, 0) is 232 Å². The van der Waals surface area contributed by atoms with Crippen molar-refractivity contribution in [1.29, 1.82) is 0 Å². The Kier molecular flexibility index (Phi) is 66.5. The summed E-state index contributed by atoms with van der Waals surface area (Å²) in [4.78, 5) is 104. The zero-order valence-corrected chi connectivity index (χ0v) is 92.5. The number of unbranched alkanes of at least 4 members (excludes halogenated alkanes) is 2. The Bertz CT molecular complexity index is 4140. The summed E-state index contributed by atoms with van der Waals surface area (Å²) >= 11 is 0. The Labute approximate surface area is 852 Å². The zero-order chi connectivity index (χ0) is 106. The number of carbonyl (C=O) groups is 8. The first-order valence-electron chi connectivity index (χ1n) is 52.6. The Balaban J connectivity index is 0.000000814. The average Bonchev–Trinajstić information content (AvgIpc) is 0.981. The fourth-order valence-corrected chi connectivity index (χ4v) is 16.7. The number of furan rings is 4. The summed E-state index contributed by atoms with van der Waals surface area (Å²) in [6.45, 7) is 72.5. The molecule has 32 heteroatoms. The minimum atomic E-state index is -0.400. The number of nitrogens with zero attached hydrogens (tertiary/aromatic N) is 8. The van der Waals surface area contributed by atoms with E-state index in [-0.39, 0.29) is 64.8 Å². The predicted octanol–water partition coefficient (Wildman–Crippen LogP) is 19.8. The van der Waals surface area contributed by atoms with Gasteiger partial charge in [0.25, 0.3) is 0 Å². The molecule has 804 valence electrons. The number of quaternary nitrogens is 8. The summed E-state index contributed by atoms with van der Waals surface area (Å²) in [7, 11) is 12.3. The molecule has 0 aliphatic carbocycles. The number of hydrogen-bond donors (Lipinski definition) is 4. The Morgan fingerprint density at radius 3 is 0.641 bits per heavy atom. The van der Waals surface area contributed by atoms with Crippen molar-refractivity contribution in [2.45, 2.75) is 215 Å². The van der Waals surface area contributed by atoms with Gasteiger partial charge in [-0.25, -0.2) is 38.4 Å². The van der Waals surface area contributed by atoms with Gasteiger partial charge in [0.05, 0.1) is 184 Å². The molecule has 6 unspecified atom stereocenters. The van der Waals surface area contributed by atoms with E-state index < -0.39 is 5.97 Å². The summed E-state index contributed by atoms with van der Waals surface area (Å²) in [5, 5.41) is 0. The van der Waals surface area contributed by atoms with Gasteiger partial charge in [0.1, 0.15) is 128 Å². The van der Waals surface area contributed by atoms with E-state index in [1.807, 2.05) is 21.1 Å². The highest BCUT2D eigenvalue weighted by atomic mass is 16.6. The highest BCUT2D eigenvalue weighted by molar-refractivity contribution is 5.90. The zero-order valence-electron chi connectivity index (χ0n) is 92.5. The van der Waals surface area contributed by atoms with Crippen LogP contribution in [0.25, 0.3) is 0 Å². The normalized spacial score (nSPS) is 13.3. The van der Waals surface area contributed by atoms with Gasteiger partial charge in [0, 0.05) is 24.8 Å². The van der Waals surface area contributed by atoms with Gasteiger partial charge < -0.3 is 111 Å². The summed E-state index contributed by atoms with van der Waals surface area (Å²) in [6, 6.07) is 28.5. The van der Waals surface area contributed by atoms with Crippen LogP contribution in [0, 0.1) is 0 Å². The molecular formula is C110H192N12O20+8. The number of hydrogen-bond acceptors (Lipinski definition) is 20. The van der Waals surface area contributed by atoms with Crippen molar-refractivity contribution in [3.05, 3.63) is 193 Å². The van der Waals surface area contributed by atoms with Crippen molar-refractivity contribution < 1.29 is 130 Å². The lowest BCUT2D eigenvalue weighted by Crippen LogP contribution is -2.56. The van der Waals surface area contributed by atoms with E-state index in [2.05, 4.69) is 180 Å². The number of rotatable bonds is 60. The number of aromatic nitrogens is 4. The molecule has 8 rings (SSSR count). The van der Waals surface area contributed by atoms with Crippen LogP contribution in [-0.2, 0) is 37.9 Å². The highest BCUT2D eigenvalue weighted by Gasteiger charge is 2.34. The topological polar surface area (TPSA) is 326 Å². The molecular weight excluding hydrogens is 1810 g/mol. The number of aromatic amines is 4. The van der Waals surface area contributed by atoms with Crippen LogP contribution in [0.1, 0.15) is 287 Å². The van der Waals surface area contributed by atoms with Gasteiger partial charge in [-0.15, -0.1) is 0 Å². The van der Waals surface area contributed by atoms with Crippen LogP contribution >= 0.6 is 0 Å². The lowest BCUT2D eigenvalue weighted by Gasteiger charge is -2.42. The molecule has 0 spiro atoms. The van der Waals surface area contributed by atoms with E-state index in [0.717, 1.165) is 212 Å². The Hall–Kier alpha value is -10.3. The van der Waals surface area contributed by atoms with E-state index in [9.17, 15) is 38.4 Å². The minimum absolute atomic E-state index is 0.254. The molecule has 0 aromatic carbocycles. The van der Waals surface area contributed by atoms with Crippen LogP contribution in [0.5, 0.6) is 0 Å². The molecule has 0 radical (unpaired) electrons. The predicted molar refractivity (Wildman–Crippen MR) is 562 cm³/mol. The first-order valence-corrected chi connectivity index (χ1v) is 52.6. The highest BCUT2D eigenvalue weighted by Crippen LogP contribution is 2.22. The van der Waals surface area contributed by atoms with Crippen molar-refractivity contribution >= 4 is 47.8 Å². The van der Waals surface area contributed by atoms with E-state index in [4.69, 9.17) is 55.6 Å². The van der Waals surface area contributed by atoms with Crippen LogP contribution in [0.2, 0.25) is 0 Å². The molecule has 0 bridgehead atoms. The molecule has 4 N–H and O–H groups in total. The third kappa shape index (κ3) is 50.8. The fourth-order valence-electron chi connectivity index (χ4n) is 16.7. The first-order chi connectivity index (χ1) is 67.8. The number of esters is 8. The molecule has 6 atom stereocenters. The molecule has 8 aromatic heterocycles. The van der Waals surface area contributed by atoms with Gasteiger partial charge in [-0.2, -0.15) is 0 Å². The van der Waals surface area contributed by atoms with Gasteiger partial charge in [-0.3, -0.25) is 0 Å². The standard InChI is InChI=1S/2C16H28N2O2.2C16H28NO3.C13H22N2O2.C13H22NO3.C10H16N2O2.C10H16NO3/c1-5-11-18(7-3,14(4)6-2)12-13-20-16(19)15-9-8-10-17-15;1-4-7-12-18(6-3,11-5-2)13-14-20-16(19)15-9-8-10-17-15;1-5-10-17(7-3,14(4)6-2)11-13-20-16(18)15-9-8-12-19-15;1-4-7-11-17(6-3,10-5-2)12-14-20-16(18)15-9-8-13-19-15;1-4-15(5-2,6-3)10-11-17-13(16)12-8-7-9-14-12;1-4-14(5-2,6-3)9-11-17-13(15)12-8-7-10-16-12;1-12(2,3)7-8-14-10(13)9-5-4-6-11-9;1-11(2,3)6-8-14-10(12)9-5-4-7-13-9/h8-10,14H,5-7,11-13H2,1-4H3;8-10H,4-7,11-14H2,1-3H3;8-9,12,14H,5-7,10-11,13H2,1-4H3;8-9,13H,4-7,10-12,14H2,1-3H3;7-9H,4-6,10-11H2,1-3H3;7-8,10H,4-6,9,11H2,1-3H3;4-6H,7-8H2,1-3H3;4-5,7H,6,8H2,1-3H3/q;;2*+1;;+1;;+1/p+4. The smallest absolute Gasteiger partial charge is 0.374 e. The van der Waals surface area contributed by atoms with Crippen molar-refractivity contribution in [3.8, 4) is 0 Å². The second-order valence-corrected chi connectivity index (χ2v) is 38.2. The maximum absolute atomic E-state index is 11.8. The monoisotopic (exact) mass is 2000 g/mol. The summed E-state index contributed by atoms with van der Waals surface area (Å²) in [5.41, 5.74) is 2.08. The van der Waals surface area contributed by atoms with Crippen molar-refractivity contribution in [1.82, 2.24) is 19.9 Å². The van der Waals surface area contributed by atoms with E-state index in [1.54, 1.807) is 122 Å². The van der Waals surface area contributed by atoms with Gasteiger partial charge in [-0.1, -0.05) is 68.2 Å². The van der Waals surface area contributed by atoms with Crippen LogP contribution in [0.15, 0.2) is 165 Å². The molecule has 0 fully saturated rings. The fraction of sp³-hybridized carbons (Fsp3) is 0.636. The summed E-state index contributed by atoms with van der Waals surface area (Å²) < 4.78 is 69.6. The molecule has 142 heavy (non-hydrogen) atoms. The first kappa shape index (κ1) is 130. The average molecular weight is 2000 g/mol. The molecule has 0 amide bonds. The van der Waals surface area contributed by atoms with Crippen LogP contribution in [0.3, 0.4) is 0 Å². The molecule has 0 aliphatic rings. The van der Waals surface area contributed by atoms with E-state index in [0.29, 0.717) is 87.7 Å². The Morgan fingerprint density at radius 2 is 0.465 bits per heavy atom. The van der Waals surface area contributed by atoms with Crippen molar-refractivity contribution in [3.63, 3.8) is 0 Å². The molecule has 0 saturated heterocycles. The largest absolute Gasteiger partial charge is 0.457 e. The lowest BCUT2D eigenvalue weighted by molar-refractivity contribution is -0.948. The summed E-state index contributed by atoms with van der Waals surface area (Å²) in [5.74, 6) is -1.50. The second kappa shape index (κ2) is 72.9.